The molecule has 1 N–H and O–H groups in total. The molecule has 0 amide bonds. The highest BCUT2D eigenvalue weighted by Gasteiger charge is 2.20. The highest BCUT2D eigenvalue weighted by molar-refractivity contribution is 5.74. The Kier molecular flexibility index (Phi) is 1.88. The molecule has 1 unspecified atom stereocenters. The summed E-state index contributed by atoms with van der Waals surface area (Å²) in [7, 11) is 0. The first-order valence-electron chi connectivity index (χ1n) is 4.09. The van der Waals surface area contributed by atoms with Crippen LogP contribution in [0.3, 0.4) is 0 Å². The van der Waals surface area contributed by atoms with Crippen LogP contribution in [0.5, 0.6) is 0 Å². The molecule has 2 aromatic rings. The van der Waals surface area contributed by atoms with Gasteiger partial charge < -0.3 is 5.11 Å². The molecule has 2 heterocycles. The molecule has 0 aliphatic carbocycles. The number of hydrogen-bond donors (Lipinski definition) is 1. The van der Waals surface area contributed by atoms with Crippen molar-refractivity contribution < 1.29 is 9.90 Å². The molecule has 0 aromatic carbocycles. The number of carboxylic acid groups (broad SMARTS) is 1. The number of rotatable bonds is 2. The third kappa shape index (κ3) is 1.20. The molecule has 0 fully saturated rings. The summed E-state index contributed by atoms with van der Waals surface area (Å²) in [5.41, 5.74) is 0.551. The second-order valence-electron chi connectivity index (χ2n) is 2.91. The van der Waals surface area contributed by atoms with Crippen molar-refractivity contribution in [3.8, 4) is 0 Å². The van der Waals surface area contributed by atoms with E-state index in [-0.39, 0.29) is 0 Å². The average molecular weight is 192 g/mol. The second kappa shape index (κ2) is 3.06. The van der Waals surface area contributed by atoms with Crippen LogP contribution in [0, 0.1) is 0 Å². The van der Waals surface area contributed by atoms with Gasteiger partial charge in [0, 0.05) is 6.20 Å². The van der Waals surface area contributed by atoms with Crippen LogP contribution in [-0.4, -0.2) is 30.9 Å². The van der Waals surface area contributed by atoms with Crippen LogP contribution in [0.15, 0.2) is 18.3 Å². The van der Waals surface area contributed by atoms with E-state index in [4.69, 9.17) is 5.11 Å². The van der Waals surface area contributed by atoms with Gasteiger partial charge in [-0.3, -0.25) is 4.79 Å². The molecule has 2 aromatic heterocycles. The molecule has 0 aliphatic heterocycles. The van der Waals surface area contributed by atoms with Gasteiger partial charge in [-0.1, -0.05) is 0 Å². The van der Waals surface area contributed by atoms with Gasteiger partial charge in [-0.25, -0.2) is 0 Å². The van der Waals surface area contributed by atoms with Crippen molar-refractivity contribution in [1.29, 1.82) is 0 Å². The van der Waals surface area contributed by atoms with Crippen LogP contribution < -0.4 is 0 Å². The quantitative estimate of drug-likeness (QED) is 0.740. The molecular formula is C8H8N4O2. The van der Waals surface area contributed by atoms with Gasteiger partial charge in [-0.15, -0.1) is 10.2 Å². The maximum atomic E-state index is 10.7. The van der Waals surface area contributed by atoms with Crippen molar-refractivity contribution in [2.75, 3.05) is 0 Å². The lowest BCUT2D eigenvalue weighted by Crippen LogP contribution is -2.12. The molecule has 1 atom stereocenters. The number of carbonyl (C=O) groups is 1. The van der Waals surface area contributed by atoms with Crippen molar-refractivity contribution in [3.63, 3.8) is 0 Å². The molecule has 0 saturated carbocycles. The zero-order chi connectivity index (χ0) is 10.1. The van der Waals surface area contributed by atoms with E-state index >= 15 is 0 Å². The lowest BCUT2D eigenvalue weighted by Gasteiger charge is -2.01. The number of hydrogen-bond acceptors (Lipinski definition) is 4. The lowest BCUT2D eigenvalue weighted by atomic mass is 10.2. The van der Waals surface area contributed by atoms with Crippen molar-refractivity contribution in [1.82, 2.24) is 19.8 Å². The summed E-state index contributed by atoms with van der Waals surface area (Å²) >= 11 is 0. The fraction of sp³-hybridized carbons (Fsp3) is 0.250. The van der Waals surface area contributed by atoms with E-state index in [1.54, 1.807) is 25.3 Å². The number of aliphatic carboxylic acids is 1. The summed E-state index contributed by atoms with van der Waals surface area (Å²) in [6.45, 7) is 1.55. The van der Waals surface area contributed by atoms with Gasteiger partial charge in [0.15, 0.2) is 11.5 Å². The Balaban J connectivity index is 2.58. The summed E-state index contributed by atoms with van der Waals surface area (Å²) in [6, 6.07) is 3.44. The number of fused-ring (bicyclic) bond motifs is 1. The summed E-state index contributed by atoms with van der Waals surface area (Å²) in [6.07, 6.45) is 1.56. The Morgan fingerprint density at radius 3 is 3.07 bits per heavy atom. The monoisotopic (exact) mass is 192 g/mol. The molecule has 14 heavy (non-hydrogen) atoms. The zero-order valence-corrected chi connectivity index (χ0v) is 7.45. The summed E-state index contributed by atoms with van der Waals surface area (Å²) in [5, 5.41) is 20.4. The largest absolute Gasteiger partial charge is 0.481 e. The van der Waals surface area contributed by atoms with Crippen molar-refractivity contribution in [3.05, 3.63) is 24.2 Å². The maximum absolute atomic E-state index is 10.7. The molecule has 6 nitrogen and oxygen atoms in total. The van der Waals surface area contributed by atoms with Crippen molar-refractivity contribution >= 4 is 11.6 Å². The fourth-order valence-corrected chi connectivity index (χ4v) is 1.14. The number of nitrogens with zero attached hydrogens (tertiary/aromatic N) is 4. The molecule has 0 aliphatic rings. The SMILES string of the molecule is CC(C(=O)O)c1nnc2cccnn12. The molecule has 0 bridgehead atoms. The van der Waals surface area contributed by atoms with Gasteiger partial charge in [0.25, 0.3) is 0 Å². The van der Waals surface area contributed by atoms with E-state index in [0.717, 1.165) is 0 Å². The van der Waals surface area contributed by atoms with Crippen LogP contribution in [0.2, 0.25) is 0 Å². The van der Waals surface area contributed by atoms with Gasteiger partial charge in [-0.2, -0.15) is 9.61 Å². The molecule has 6 heteroatoms. The van der Waals surface area contributed by atoms with E-state index in [0.29, 0.717) is 11.5 Å². The predicted molar refractivity (Wildman–Crippen MR) is 46.8 cm³/mol. The molecule has 72 valence electrons. The Morgan fingerprint density at radius 2 is 2.36 bits per heavy atom. The summed E-state index contributed by atoms with van der Waals surface area (Å²) in [4.78, 5) is 10.7. The highest BCUT2D eigenvalue weighted by atomic mass is 16.4. The van der Waals surface area contributed by atoms with Crippen LogP contribution in [-0.2, 0) is 4.79 Å². The number of carboxylic acids is 1. The first-order chi connectivity index (χ1) is 6.70. The number of aromatic nitrogens is 4. The zero-order valence-electron chi connectivity index (χ0n) is 7.45. The van der Waals surface area contributed by atoms with Crippen LogP contribution in [0.1, 0.15) is 18.7 Å². The summed E-state index contributed by atoms with van der Waals surface area (Å²) < 4.78 is 1.43. The lowest BCUT2D eigenvalue weighted by molar-refractivity contribution is -0.138. The Bertz CT molecular complexity index is 479. The third-order valence-corrected chi connectivity index (χ3v) is 1.96. The molecule has 0 saturated heterocycles. The average Bonchev–Trinajstić information content (AvgIpc) is 2.60. The summed E-state index contributed by atoms with van der Waals surface area (Å²) in [5.74, 6) is -1.31. The van der Waals surface area contributed by atoms with Crippen molar-refractivity contribution in [2.45, 2.75) is 12.8 Å². The minimum absolute atomic E-state index is 0.341. The van der Waals surface area contributed by atoms with Gasteiger partial charge in [0.1, 0.15) is 5.92 Å². The van der Waals surface area contributed by atoms with E-state index in [1.165, 1.54) is 4.52 Å². The highest BCUT2D eigenvalue weighted by Crippen LogP contribution is 2.12. The minimum Gasteiger partial charge on any atom is -0.481 e. The first kappa shape index (κ1) is 8.61. The molecular weight excluding hydrogens is 184 g/mol. The van der Waals surface area contributed by atoms with Crippen LogP contribution in [0.25, 0.3) is 5.65 Å². The predicted octanol–water partition coefficient (Wildman–Crippen LogP) is 0.312. The van der Waals surface area contributed by atoms with E-state index < -0.39 is 11.9 Å². The minimum atomic E-state index is -0.940. The van der Waals surface area contributed by atoms with Crippen LogP contribution >= 0.6 is 0 Å². The smallest absolute Gasteiger partial charge is 0.314 e. The Morgan fingerprint density at radius 1 is 1.57 bits per heavy atom. The van der Waals surface area contributed by atoms with E-state index in [1.807, 2.05) is 0 Å². The van der Waals surface area contributed by atoms with Crippen LogP contribution in [0.4, 0.5) is 0 Å². The van der Waals surface area contributed by atoms with Gasteiger partial charge in [0.2, 0.25) is 0 Å². The van der Waals surface area contributed by atoms with E-state index in [9.17, 15) is 4.79 Å². The standard InChI is InChI=1S/C8H8N4O2/c1-5(8(13)14)7-11-10-6-3-2-4-9-12(6)7/h2-5H,1H3,(H,13,14). The normalized spacial score (nSPS) is 12.9. The van der Waals surface area contributed by atoms with Gasteiger partial charge in [0.05, 0.1) is 0 Å². The first-order valence-corrected chi connectivity index (χ1v) is 4.09. The third-order valence-electron chi connectivity index (χ3n) is 1.96. The Hall–Kier alpha value is -1.98. The van der Waals surface area contributed by atoms with Gasteiger partial charge >= 0.3 is 5.97 Å². The molecule has 0 spiro atoms. The fourth-order valence-electron chi connectivity index (χ4n) is 1.14. The van der Waals surface area contributed by atoms with E-state index in [2.05, 4.69) is 15.3 Å². The molecule has 0 radical (unpaired) electrons. The topological polar surface area (TPSA) is 80.4 Å². The maximum Gasteiger partial charge on any atom is 0.314 e. The van der Waals surface area contributed by atoms with Crippen molar-refractivity contribution in [2.24, 2.45) is 0 Å². The van der Waals surface area contributed by atoms with Gasteiger partial charge in [-0.05, 0) is 19.1 Å². The second-order valence-corrected chi connectivity index (χ2v) is 2.91. The molecule has 2 rings (SSSR count). The Labute approximate surface area is 79.2 Å².